The number of amides is 3. The molecule has 1 aliphatic rings. The molecule has 3 amide bonds. The molecule has 1 heterocycles. The van der Waals surface area contributed by atoms with Crippen LogP contribution in [0.4, 0.5) is 10.5 Å². The number of urea groups is 1. The lowest BCUT2D eigenvalue weighted by molar-refractivity contribution is -0.124. The Morgan fingerprint density at radius 2 is 1.84 bits per heavy atom. The van der Waals surface area contributed by atoms with Crippen LogP contribution in [-0.4, -0.2) is 42.6 Å². The van der Waals surface area contributed by atoms with Crippen molar-refractivity contribution in [1.82, 2.24) is 10.2 Å². The summed E-state index contributed by atoms with van der Waals surface area (Å²) in [6.45, 7) is 7.19. The van der Waals surface area contributed by atoms with E-state index in [9.17, 15) is 9.59 Å². The number of para-hydroxylation sites is 1. The molecule has 2 aromatic carbocycles. The van der Waals surface area contributed by atoms with Gasteiger partial charge in [-0.25, -0.2) is 4.79 Å². The maximum Gasteiger partial charge on any atom is 0.321 e. The predicted molar refractivity (Wildman–Crippen MR) is 124 cm³/mol. The number of aryl methyl sites for hydroxylation is 1. The van der Waals surface area contributed by atoms with Crippen molar-refractivity contribution in [2.24, 2.45) is 0 Å². The van der Waals surface area contributed by atoms with Gasteiger partial charge in [-0.3, -0.25) is 4.79 Å². The number of piperidine rings is 1. The van der Waals surface area contributed by atoms with Crippen LogP contribution < -0.4 is 15.4 Å². The number of ether oxygens (including phenoxy) is 1. The Bertz CT molecular complexity index is 910. The predicted octanol–water partition coefficient (Wildman–Crippen LogP) is 4.96. The van der Waals surface area contributed by atoms with E-state index >= 15 is 0 Å². The molecule has 0 aromatic heterocycles. The smallest absolute Gasteiger partial charge is 0.321 e. The normalized spacial score (nSPS) is 14.4. The van der Waals surface area contributed by atoms with Crippen LogP contribution in [0.2, 0.25) is 5.02 Å². The van der Waals surface area contributed by atoms with Gasteiger partial charge in [0.1, 0.15) is 5.75 Å². The van der Waals surface area contributed by atoms with Gasteiger partial charge in [0, 0.05) is 29.8 Å². The van der Waals surface area contributed by atoms with E-state index in [4.69, 9.17) is 16.3 Å². The summed E-state index contributed by atoms with van der Waals surface area (Å²) in [6, 6.07) is 13.1. The van der Waals surface area contributed by atoms with Crippen molar-refractivity contribution in [3.63, 3.8) is 0 Å². The molecule has 6 nitrogen and oxygen atoms in total. The third-order valence-corrected chi connectivity index (χ3v) is 5.85. The molecular weight excluding hydrogens is 414 g/mol. The van der Waals surface area contributed by atoms with Crippen LogP contribution >= 0.6 is 11.6 Å². The monoisotopic (exact) mass is 443 g/mol. The summed E-state index contributed by atoms with van der Waals surface area (Å²) in [4.78, 5) is 26.6. The molecule has 3 rings (SSSR count). The van der Waals surface area contributed by atoms with E-state index in [1.807, 2.05) is 49.4 Å². The Hall–Kier alpha value is -2.73. The number of rotatable bonds is 6. The minimum Gasteiger partial charge on any atom is -0.483 e. The number of hydrogen-bond acceptors (Lipinski definition) is 3. The summed E-state index contributed by atoms with van der Waals surface area (Å²) >= 11 is 6.23. The molecule has 0 unspecified atom stereocenters. The third kappa shape index (κ3) is 6.37. The minimum atomic E-state index is -0.158. The van der Waals surface area contributed by atoms with Gasteiger partial charge in [0.2, 0.25) is 0 Å². The summed E-state index contributed by atoms with van der Waals surface area (Å²) < 4.78 is 5.82. The summed E-state index contributed by atoms with van der Waals surface area (Å²) in [7, 11) is 0. The number of anilines is 1. The summed E-state index contributed by atoms with van der Waals surface area (Å²) in [6.07, 6.45) is 1.43. The van der Waals surface area contributed by atoms with Crippen LogP contribution in [0.3, 0.4) is 0 Å². The van der Waals surface area contributed by atoms with Gasteiger partial charge >= 0.3 is 6.03 Å². The quantitative estimate of drug-likeness (QED) is 0.662. The second kappa shape index (κ2) is 10.5. The molecule has 0 spiro atoms. The van der Waals surface area contributed by atoms with Crippen molar-refractivity contribution in [3.05, 3.63) is 58.6 Å². The van der Waals surface area contributed by atoms with Crippen LogP contribution in [-0.2, 0) is 4.79 Å². The molecule has 7 heteroatoms. The second-order valence-corrected chi connectivity index (χ2v) is 8.61. The largest absolute Gasteiger partial charge is 0.483 e. The van der Waals surface area contributed by atoms with Crippen molar-refractivity contribution in [3.8, 4) is 5.75 Å². The molecule has 1 aliphatic heterocycles. The molecule has 0 radical (unpaired) electrons. The molecular formula is C24H30ClN3O3. The highest BCUT2D eigenvalue weighted by molar-refractivity contribution is 6.31. The fourth-order valence-electron chi connectivity index (χ4n) is 3.61. The summed E-state index contributed by atoms with van der Waals surface area (Å²) in [5.41, 5.74) is 2.68. The molecule has 0 bridgehead atoms. The van der Waals surface area contributed by atoms with E-state index in [0.29, 0.717) is 36.7 Å². The van der Waals surface area contributed by atoms with Crippen molar-refractivity contribution in [2.75, 3.05) is 25.0 Å². The van der Waals surface area contributed by atoms with Crippen molar-refractivity contribution < 1.29 is 14.3 Å². The zero-order chi connectivity index (χ0) is 22.4. The van der Waals surface area contributed by atoms with Gasteiger partial charge < -0.3 is 20.3 Å². The first-order chi connectivity index (χ1) is 14.8. The van der Waals surface area contributed by atoms with Gasteiger partial charge in [-0.1, -0.05) is 43.6 Å². The third-order valence-electron chi connectivity index (χ3n) is 5.44. The molecule has 0 saturated carbocycles. The highest BCUT2D eigenvalue weighted by Crippen LogP contribution is 2.32. The maximum atomic E-state index is 12.4. The zero-order valence-electron chi connectivity index (χ0n) is 18.3. The molecule has 1 fully saturated rings. The Morgan fingerprint density at radius 3 is 2.48 bits per heavy atom. The average Bonchev–Trinajstić information content (AvgIpc) is 2.75. The first-order valence-corrected chi connectivity index (χ1v) is 11.0. The van der Waals surface area contributed by atoms with Crippen LogP contribution in [0.15, 0.2) is 42.5 Å². The SMILES string of the molecule is Cc1cc(OCC(=O)NC2CCN(C(=O)Nc3ccccc3)CC2)c(C(C)C)cc1Cl. The van der Waals surface area contributed by atoms with E-state index < -0.39 is 0 Å². The van der Waals surface area contributed by atoms with Crippen molar-refractivity contribution in [1.29, 1.82) is 0 Å². The molecule has 0 atom stereocenters. The molecule has 2 aromatic rings. The van der Waals surface area contributed by atoms with Gasteiger partial charge in [-0.05, 0) is 61.1 Å². The van der Waals surface area contributed by atoms with Crippen LogP contribution in [0.25, 0.3) is 0 Å². The van der Waals surface area contributed by atoms with E-state index in [2.05, 4.69) is 24.5 Å². The van der Waals surface area contributed by atoms with Crippen LogP contribution in [0, 0.1) is 6.92 Å². The fraction of sp³-hybridized carbons (Fsp3) is 0.417. The molecule has 0 aliphatic carbocycles. The average molecular weight is 444 g/mol. The van der Waals surface area contributed by atoms with Gasteiger partial charge in [0.05, 0.1) is 0 Å². The Labute approximate surface area is 188 Å². The zero-order valence-corrected chi connectivity index (χ0v) is 19.0. The molecule has 1 saturated heterocycles. The van der Waals surface area contributed by atoms with Crippen molar-refractivity contribution >= 4 is 29.2 Å². The lowest BCUT2D eigenvalue weighted by Crippen LogP contribution is -2.48. The first-order valence-electron chi connectivity index (χ1n) is 10.7. The number of nitrogens with one attached hydrogen (secondary N) is 2. The van der Waals surface area contributed by atoms with E-state index in [0.717, 1.165) is 16.8 Å². The Morgan fingerprint density at radius 1 is 1.16 bits per heavy atom. The number of benzene rings is 2. The second-order valence-electron chi connectivity index (χ2n) is 8.21. The number of likely N-dealkylation sites (tertiary alicyclic amines) is 1. The first kappa shape index (κ1) is 22.9. The number of halogens is 1. The highest BCUT2D eigenvalue weighted by Gasteiger charge is 2.24. The number of nitrogens with zero attached hydrogens (tertiary/aromatic N) is 1. The van der Waals surface area contributed by atoms with Gasteiger partial charge in [-0.2, -0.15) is 0 Å². The van der Waals surface area contributed by atoms with Gasteiger partial charge in [0.15, 0.2) is 6.61 Å². The topological polar surface area (TPSA) is 70.7 Å². The summed E-state index contributed by atoms with van der Waals surface area (Å²) in [5, 5.41) is 6.62. The van der Waals surface area contributed by atoms with E-state index in [1.165, 1.54) is 0 Å². The Kier molecular flexibility index (Phi) is 7.80. The minimum absolute atomic E-state index is 0.0356. The standard InChI is InChI=1S/C24H30ClN3O3/c1-16(2)20-14-21(25)17(3)13-22(20)31-15-23(29)26-19-9-11-28(12-10-19)24(30)27-18-7-5-4-6-8-18/h4-8,13-14,16,19H,9-12,15H2,1-3H3,(H,26,29)(H,27,30). The van der Waals surface area contributed by atoms with E-state index in [-0.39, 0.29) is 30.5 Å². The number of hydrogen-bond donors (Lipinski definition) is 2. The number of carbonyl (C=O) groups excluding carboxylic acids is 2. The van der Waals surface area contributed by atoms with Gasteiger partial charge in [-0.15, -0.1) is 0 Å². The van der Waals surface area contributed by atoms with Gasteiger partial charge in [0.25, 0.3) is 5.91 Å². The lowest BCUT2D eigenvalue weighted by atomic mass is 10.0. The highest BCUT2D eigenvalue weighted by atomic mass is 35.5. The lowest BCUT2D eigenvalue weighted by Gasteiger charge is -2.32. The summed E-state index contributed by atoms with van der Waals surface area (Å²) in [5.74, 6) is 0.775. The van der Waals surface area contributed by atoms with E-state index in [1.54, 1.807) is 4.90 Å². The van der Waals surface area contributed by atoms with Crippen molar-refractivity contribution in [2.45, 2.75) is 45.6 Å². The molecule has 2 N–H and O–H groups in total. The molecule has 31 heavy (non-hydrogen) atoms. The molecule has 166 valence electrons. The maximum absolute atomic E-state index is 12.4. The fourth-order valence-corrected chi connectivity index (χ4v) is 3.78. The number of carbonyl (C=O) groups is 2. The van der Waals surface area contributed by atoms with Crippen LogP contribution in [0.5, 0.6) is 5.75 Å². The van der Waals surface area contributed by atoms with Crippen LogP contribution in [0.1, 0.15) is 43.7 Å². The Balaban J connectivity index is 1.45.